The fraction of sp³-hybridized carbons (Fsp3) is 0.380. The van der Waals surface area contributed by atoms with E-state index in [1.54, 1.807) is 35.2 Å². The van der Waals surface area contributed by atoms with Gasteiger partial charge in [-0.2, -0.15) is 0 Å². The second kappa shape index (κ2) is 23.2. The van der Waals surface area contributed by atoms with Crippen molar-refractivity contribution in [3.8, 4) is 43.4 Å². The van der Waals surface area contributed by atoms with Gasteiger partial charge in [-0.25, -0.2) is 39.7 Å². The second-order valence-corrected chi connectivity index (χ2v) is 24.8. The van der Waals surface area contributed by atoms with Crippen molar-refractivity contribution >= 4 is 115 Å². The summed E-state index contributed by atoms with van der Waals surface area (Å²) in [5, 5.41) is 27.8. The molecule has 7 amide bonds. The number of hydrogen-bond acceptors (Lipinski definition) is 22. The number of amides is 7. The summed E-state index contributed by atoms with van der Waals surface area (Å²) in [5.41, 5.74) is 2.35. The number of hydrogen-bond donors (Lipinski definition) is 6. The van der Waals surface area contributed by atoms with E-state index < -0.39 is 65.7 Å². The Morgan fingerprint density at radius 3 is 2.09 bits per heavy atom. The highest BCUT2D eigenvalue weighted by molar-refractivity contribution is 7.15. The lowest BCUT2D eigenvalue weighted by Crippen LogP contribution is -2.62. The van der Waals surface area contributed by atoms with Crippen LogP contribution in [0.3, 0.4) is 0 Å². The van der Waals surface area contributed by atoms with E-state index in [1.165, 1.54) is 62.7 Å². The fourth-order valence-corrected chi connectivity index (χ4v) is 14.3. The average Bonchev–Trinajstić information content (AvgIpc) is 4.39. The summed E-state index contributed by atoms with van der Waals surface area (Å²) in [4.78, 5) is 143. The summed E-state index contributed by atoms with van der Waals surface area (Å²) in [6.45, 7) is 9.15. The Labute approximate surface area is 474 Å². The molecular formula is C50H50N14O9S6. The lowest BCUT2D eigenvalue weighted by atomic mass is 10.0. The zero-order valence-corrected chi connectivity index (χ0v) is 47.9. The number of rotatable bonds is 8. The molecule has 23 nitrogen and oxygen atoms in total. The first-order valence-corrected chi connectivity index (χ1v) is 30.1. The molecule has 5 atom stereocenters. The summed E-state index contributed by atoms with van der Waals surface area (Å²) in [5.74, 6) is -4.20. The summed E-state index contributed by atoms with van der Waals surface area (Å²) in [7, 11) is 1.47. The molecule has 7 aromatic heterocycles. The lowest BCUT2D eigenvalue weighted by molar-refractivity contribution is -0.148. The first-order chi connectivity index (χ1) is 37.9. The SMILES string of the molecule is CNC(=O)C[C@@H]1NC(=O)c2csc(n2)-c2ccc(-c3nc(C(=O)OC[C@@H]4NC(=O)[C@@H]5CCCN5C4=O)cs3)nc2-c2csc(n2)-c2csc(n2)[C@@H](C(C)C)NC(=O)CNC(=O)c2csc(n2)[C@@H](C(C)C)NC(=O)c2nc1sc2C. The maximum atomic E-state index is 14.2. The molecule has 10 rings (SSSR count). The average molecular weight is 1180 g/mol. The van der Waals surface area contributed by atoms with Gasteiger partial charge in [0.05, 0.1) is 36.8 Å². The smallest absolute Gasteiger partial charge is 0.357 e. The number of ether oxygens (including phenoxy) is 1. The predicted octanol–water partition coefficient (Wildman–Crippen LogP) is 5.73. The van der Waals surface area contributed by atoms with E-state index in [0.717, 1.165) is 29.1 Å². The van der Waals surface area contributed by atoms with Gasteiger partial charge < -0.3 is 41.5 Å². The molecule has 0 unspecified atom stereocenters. The van der Waals surface area contributed by atoms with E-state index in [4.69, 9.17) is 24.7 Å². The Morgan fingerprint density at radius 2 is 1.33 bits per heavy atom. The number of pyridine rings is 1. The fourth-order valence-electron chi connectivity index (χ4n) is 8.88. The van der Waals surface area contributed by atoms with Gasteiger partial charge in [-0.1, -0.05) is 27.7 Å². The Kier molecular flexibility index (Phi) is 16.1. The number of nitrogens with one attached hydrogen (secondary N) is 6. The zero-order chi connectivity index (χ0) is 55.8. The van der Waals surface area contributed by atoms with Crippen LogP contribution in [0.1, 0.15) is 127 Å². The molecule has 0 spiro atoms. The van der Waals surface area contributed by atoms with Crippen molar-refractivity contribution in [1.29, 1.82) is 0 Å². The van der Waals surface area contributed by atoms with E-state index in [1.807, 2.05) is 33.1 Å². The molecule has 3 aliphatic heterocycles. The van der Waals surface area contributed by atoms with Crippen molar-refractivity contribution in [2.45, 2.75) is 84.1 Å². The molecule has 29 heteroatoms. The quantitative estimate of drug-likeness (QED) is 0.0989. The van der Waals surface area contributed by atoms with Crippen LogP contribution in [0.2, 0.25) is 0 Å². The first-order valence-electron chi connectivity index (χ1n) is 24.9. The highest BCUT2D eigenvalue weighted by Crippen LogP contribution is 2.39. The van der Waals surface area contributed by atoms with Gasteiger partial charge in [0.15, 0.2) is 5.69 Å². The van der Waals surface area contributed by atoms with Crippen LogP contribution < -0.4 is 31.9 Å². The maximum Gasteiger partial charge on any atom is 0.357 e. The lowest BCUT2D eigenvalue weighted by Gasteiger charge is -2.34. The van der Waals surface area contributed by atoms with Gasteiger partial charge in [-0.3, -0.25) is 33.6 Å². The van der Waals surface area contributed by atoms with Crippen LogP contribution in [0.25, 0.3) is 43.4 Å². The van der Waals surface area contributed by atoms with Gasteiger partial charge in [-0.05, 0) is 43.7 Å². The molecule has 2 saturated heterocycles. The van der Waals surface area contributed by atoms with Crippen LogP contribution in [0.15, 0.2) is 39.0 Å². The third-order valence-electron chi connectivity index (χ3n) is 13.0. The van der Waals surface area contributed by atoms with Crippen LogP contribution >= 0.6 is 68.0 Å². The van der Waals surface area contributed by atoms with Gasteiger partial charge in [0.25, 0.3) is 17.7 Å². The van der Waals surface area contributed by atoms with Crippen LogP contribution in [-0.4, -0.2) is 126 Å². The molecule has 0 saturated carbocycles. The normalized spacial score (nSPS) is 20.0. The van der Waals surface area contributed by atoms with Crippen molar-refractivity contribution in [1.82, 2.24) is 71.7 Å². The van der Waals surface area contributed by atoms with Crippen LogP contribution in [0.5, 0.6) is 0 Å². The number of thiazole rings is 6. The topological polar surface area (TPSA) is 311 Å². The number of nitrogens with zero attached hydrogens (tertiary/aromatic N) is 8. The van der Waals surface area contributed by atoms with E-state index in [2.05, 4.69) is 46.9 Å². The number of carbonyl (C=O) groups excluding carboxylic acids is 8. The van der Waals surface area contributed by atoms with Crippen molar-refractivity contribution in [3.05, 3.63) is 81.7 Å². The maximum absolute atomic E-state index is 14.2. The van der Waals surface area contributed by atoms with Crippen molar-refractivity contribution in [2.24, 2.45) is 11.8 Å². The molecule has 79 heavy (non-hydrogen) atoms. The number of aryl methyl sites for hydroxylation is 1. The van der Waals surface area contributed by atoms with Crippen molar-refractivity contribution in [3.63, 3.8) is 0 Å². The highest BCUT2D eigenvalue weighted by atomic mass is 32.1. The van der Waals surface area contributed by atoms with Gasteiger partial charge >= 0.3 is 5.97 Å². The molecule has 2 fully saturated rings. The Bertz CT molecular complexity index is 3540. The van der Waals surface area contributed by atoms with Gasteiger partial charge in [0.1, 0.15) is 82.9 Å². The minimum absolute atomic E-state index is 0.0296. The van der Waals surface area contributed by atoms with Gasteiger partial charge in [0.2, 0.25) is 23.6 Å². The summed E-state index contributed by atoms with van der Waals surface area (Å²) < 4.78 is 5.50. The molecule has 6 N–H and O–H groups in total. The Hall–Kier alpha value is -7.31. The molecule has 0 radical (unpaired) electrons. The molecule has 10 bridgehead atoms. The number of fused-ring (bicyclic) bond motifs is 15. The number of carbonyl (C=O) groups is 8. The molecule has 0 aromatic carbocycles. The summed E-state index contributed by atoms with van der Waals surface area (Å²) in [6.07, 6.45) is 1.10. The molecule has 10 heterocycles. The van der Waals surface area contributed by atoms with E-state index in [9.17, 15) is 38.4 Å². The standard InChI is InChI=1S/C50H50N14O9S6/c1-20(2)35-47-59-30(18-78-47)45-56-27(15-75-45)38-23(9-10-24(53-38)44-60-31(19-76-44)50(72)73-14-26-49(71)64-11-7-8-32(64)41(69)55-26)43-57-29(17-74-43)40(68)54-25(12-33(65)51-6)46-63-37(22(5)79-46)42(70)62-36(21(3)4)48-58-28(16-77-48)39(67)52-13-34(66)61-35/h9-10,15-21,25-26,32,35-36H,7-8,11-14H2,1-6H3,(H,51,65)(H,52,67)(H,54,68)(H,55,69)(H,61,66)(H,62,70)/t25-,26-,32-,35+,36+/m0/s1. The molecule has 3 aliphatic rings. The Balaban J connectivity index is 0.983. The highest BCUT2D eigenvalue weighted by Gasteiger charge is 2.43. The minimum atomic E-state index is -1.01. The minimum Gasteiger partial charge on any atom is -0.458 e. The predicted molar refractivity (Wildman–Crippen MR) is 297 cm³/mol. The first kappa shape index (κ1) is 55.0. The molecular weight excluding hydrogens is 1130 g/mol. The van der Waals surface area contributed by atoms with Crippen molar-refractivity contribution in [2.75, 3.05) is 26.7 Å². The number of esters is 1. The summed E-state index contributed by atoms with van der Waals surface area (Å²) in [6, 6.07) is -0.180. The third-order valence-corrected chi connectivity index (χ3v) is 18.6. The van der Waals surface area contributed by atoms with Crippen LogP contribution in [-0.2, 0) is 23.9 Å². The third kappa shape index (κ3) is 11.7. The summed E-state index contributed by atoms with van der Waals surface area (Å²) >= 11 is 7.30. The second-order valence-electron chi connectivity index (χ2n) is 19.2. The molecule has 7 aromatic rings. The van der Waals surface area contributed by atoms with E-state index in [0.29, 0.717) is 76.2 Å². The van der Waals surface area contributed by atoms with Gasteiger partial charge in [0, 0.05) is 50.9 Å². The largest absolute Gasteiger partial charge is 0.458 e. The Morgan fingerprint density at radius 1 is 0.671 bits per heavy atom. The van der Waals surface area contributed by atoms with Crippen LogP contribution in [0, 0.1) is 18.8 Å². The van der Waals surface area contributed by atoms with Crippen molar-refractivity contribution < 1.29 is 43.1 Å². The monoisotopic (exact) mass is 1180 g/mol. The number of piperazine rings is 1. The van der Waals surface area contributed by atoms with Gasteiger partial charge in [-0.15, -0.1) is 68.0 Å². The molecule has 0 aliphatic carbocycles. The van der Waals surface area contributed by atoms with Crippen LogP contribution in [0.4, 0.5) is 0 Å². The number of aromatic nitrogens is 7. The zero-order valence-electron chi connectivity index (χ0n) is 43.0. The molecule has 410 valence electrons. The van der Waals surface area contributed by atoms with E-state index >= 15 is 0 Å². The van der Waals surface area contributed by atoms with E-state index in [-0.39, 0.29) is 66.0 Å².